The number of benzene rings is 4. The Morgan fingerprint density at radius 1 is 0.732 bits per heavy atom. The molecule has 6 rings (SSSR count). The van der Waals surface area contributed by atoms with Gasteiger partial charge in [-0.15, -0.1) is 11.3 Å². The van der Waals surface area contributed by atoms with Crippen molar-refractivity contribution in [3.63, 3.8) is 0 Å². The number of hydrogen-bond donors (Lipinski definition) is 2. The summed E-state index contributed by atoms with van der Waals surface area (Å²) >= 11 is 1.52. The van der Waals surface area contributed by atoms with Crippen LogP contribution in [0, 0.1) is 0 Å². The number of rotatable bonds is 9. The molecular weight excluding hydrogens is 532 g/mol. The Morgan fingerprint density at radius 3 is 1.76 bits per heavy atom. The third-order valence-corrected chi connectivity index (χ3v) is 8.79. The van der Waals surface area contributed by atoms with Crippen molar-refractivity contribution in [2.45, 2.75) is 49.7 Å². The van der Waals surface area contributed by atoms with E-state index in [2.05, 4.69) is 0 Å². The van der Waals surface area contributed by atoms with Crippen molar-refractivity contribution in [3.8, 4) is 0 Å². The van der Waals surface area contributed by atoms with Gasteiger partial charge in [-0.2, -0.15) is 0 Å². The summed E-state index contributed by atoms with van der Waals surface area (Å²) in [6.45, 7) is 3.54. The van der Waals surface area contributed by atoms with Crippen molar-refractivity contribution in [1.29, 1.82) is 0 Å². The van der Waals surface area contributed by atoms with Crippen molar-refractivity contribution in [1.82, 2.24) is 0 Å². The quantitative estimate of drug-likeness (QED) is 0.192. The molecule has 0 unspecified atom stereocenters. The summed E-state index contributed by atoms with van der Waals surface area (Å²) in [4.78, 5) is 0.767. The Hall–Kier alpha value is -3.36. The first kappa shape index (κ1) is 27.8. The summed E-state index contributed by atoms with van der Waals surface area (Å²) in [5.74, 6) is -0.983. The van der Waals surface area contributed by atoms with Crippen LogP contribution >= 0.6 is 11.3 Å². The van der Waals surface area contributed by atoms with E-state index in [1.165, 1.54) is 11.3 Å². The smallest absolute Gasteiger partial charge is 0.164 e. The average molecular weight is 567 g/mol. The molecule has 0 amide bonds. The minimum atomic E-state index is -1.08. The molecule has 0 spiro atoms. The van der Waals surface area contributed by atoms with Gasteiger partial charge >= 0.3 is 0 Å². The number of hydrogen-bond acceptors (Lipinski definition) is 6. The van der Waals surface area contributed by atoms with Crippen LogP contribution in [0.4, 0.5) is 0 Å². The topological polar surface area (TPSA) is 68.2 Å². The highest BCUT2D eigenvalue weighted by molar-refractivity contribution is 7.19. The van der Waals surface area contributed by atoms with Crippen molar-refractivity contribution in [3.05, 3.63) is 143 Å². The SMILES string of the molecule is CC1(C)O[C@@H]([C@H](O)c2cc3ccccc3s2)[C@@H]([C@H](O)COC(c2ccccc2)(c2ccccc2)c2ccccc2)O1. The van der Waals surface area contributed by atoms with Gasteiger partial charge in [-0.3, -0.25) is 0 Å². The normalized spacial score (nSPS) is 20.2. The summed E-state index contributed by atoms with van der Waals surface area (Å²) in [6, 6.07) is 40.1. The van der Waals surface area contributed by atoms with E-state index in [-0.39, 0.29) is 6.61 Å². The molecule has 1 saturated heterocycles. The molecule has 6 heteroatoms. The summed E-state index contributed by atoms with van der Waals surface area (Å²) in [5.41, 5.74) is 1.83. The fourth-order valence-corrected chi connectivity index (χ4v) is 6.83. The molecule has 210 valence electrons. The van der Waals surface area contributed by atoms with Gasteiger partial charge in [0.05, 0.1) is 6.61 Å². The summed E-state index contributed by atoms with van der Waals surface area (Å²) in [7, 11) is 0. The Labute approximate surface area is 244 Å². The Kier molecular flexibility index (Phi) is 7.79. The van der Waals surface area contributed by atoms with E-state index in [0.29, 0.717) is 0 Å². The molecule has 1 aliphatic heterocycles. The zero-order valence-electron chi connectivity index (χ0n) is 23.1. The second-order valence-electron chi connectivity index (χ2n) is 10.9. The largest absolute Gasteiger partial charge is 0.388 e. The molecule has 1 aliphatic rings. The van der Waals surface area contributed by atoms with Gasteiger partial charge in [0.2, 0.25) is 0 Å². The molecule has 2 N–H and O–H groups in total. The third-order valence-electron chi connectivity index (χ3n) is 7.60. The Balaban J connectivity index is 1.33. The molecule has 1 fully saturated rings. The van der Waals surface area contributed by atoms with Gasteiger partial charge in [-0.25, -0.2) is 0 Å². The second kappa shape index (κ2) is 11.5. The van der Waals surface area contributed by atoms with Crippen molar-refractivity contribution in [2.75, 3.05) is 6.61 Å². The summed E-state index contributed by atoms with van der Waals surface area (Å²) < 4.78 is 20.3. The van der Waals surface area contributed by atoms with E-state index in [9.17, 15) is 10.2 Å². The molecule has 1 aromatic heterocycles. The predicted molar refractivity (Wildman–Crippen MR) is 162 cm³/mol. The van der Waals surface area contributed by atoms with E-state index in [0.717, 1.165) is 31.7 Å². The maximum absolute atomic E-state index is 11.7. The number of ether oxygens (including phenoxy) is 3. The molecule has 0 aliphatic carbocycles. The maximum atomic E-state index is 11.7. The van der Waals surface area contributed by atoms with E-state index in [4.69, 9.17) is 14.2 Å². The molecular formula is C35H34O5S. The molecule has 41 heavy (non-hydrogen) atoms. The zero-order chi connectivity index (χ0) is 28.5. The fourth-order valence-electron chi connectivity index (χ4n) is 5.74. The van der Waals surface area contributed by atoms with Gasteiger partial charge in [0.15, 0.2) is 5.79 Å². The Morgan fingerprint density at radius 2 is 1.22 bits per heavy atom. The molecule has 4 atom stereocenters. The van der Waals surface area contributed by atoms with Gasteiger partial charge < -0.3 is 24.4 Å². The van der Waals surface area contributed by atoms with Crippen LogP contribution in [0.2, 0.25) is 0 Å². The first-order valence-electron chi connectivity index (χ1n) is 13.9. The molecule has 0 radical (unpaired) electrons. The van der Waals surface area contributed by atoms with Gasteiger partial charge in [0.25, 0.3) is 0 Å². The highest BCUT2D eigenvalue weighted by Crippen LogP contribution is 2.43. The van der Waals surface area contributed by atoms with Gasteiger partial charge in [-0.05, 0) is 48.1 Å². The highest BCUT2D eigenvalue weighted by Gasteiger charge is 2.49. The molecule has 0 saturated carbocycles. The number of fused-ring (bicyclic) bond motifs is 1. The second-order valence-corrected chi connectivity index (χ2v) is 12.0. The molecule has 4 aromatic carbocycles. The zero-order valence-corrected chi connectivity index (χ0v) is 23.9. The van der Waals surface area contributed by atoms with Crippen LogP contribution in [0.25, 0.3) is 10.1 Å². The average Bonchev–Trinajstić information content (AvgIpc) is 3.59. The lowest BCUT2D eigenvalue weighted by Crippen LogP contribution is -2.44. The first-order valence-corrected chi connectivity index (χ1v) is 14.7. The van der Waals surface area contributed by atoms with Crippen LogP contribution in [0.5, 0.6) is 0 Å². The minimum absolute atomic E-state index is 0.0571. The molecule has 5 aromatic rings. The van der Waals surface area contributed by atoms with Crippen LogP contribution in [0.3, 0.4) is 0 Å². The van der Waals surface area contributed by atoms with Crippen LogP contribution in [0.1, 0.15) is 41.5 Å². The van der Waals surface area contributed by atoms with Crippen LogP contribution < -0.4 is 0 Å². The van der Waals surface area contributed by atoms with Crippen molar-refractivity contribution >= 4 is 21.4 Å². The lowest BCUT2D eigenvalue weighted by atomic mass is 9.80. The van der Waals surface area contributed by atoms with Crippen molar-refractivity contribution in [2.24, 2.45) is 0 Å². The predicted octanol–water partition coefficient (Wildman–Crippen LogP) is 6.82. The summed E-state index contributed by atoms with van der Waals surface area (Å²) in [5, 5.41) is 24.2. The monoisotopic (exact) mass is 566 g/mol. The third kappa shape index (κ3) is 5.47. The Bertz CT molecular complexity index is 1440. The van der Waals surface area contributed by atoms with Gasteiger partial charge in [0.1, 0.15) is 30.0 Å². The van der Waals surface area contributed by atoms with Gasteiger partial charge in [-0.1, -0.05) is 109 Å². The first-order chi connectivity index (χ1) is 19.9. The molecule has 5 nitrogen and oxygen atoms in total. The maximum Gasteiger partial charge on any atom is 0.164 e. The lowest BCUT2D eigenvalue weighted by molar-refractivity contribution is -0.165. The van der Waals surface area contributed by atoms with Gasteiger partial charge in [0, 0.05) is 9.58 Å². The number of thiophene rings is 1. The number of aliphatic hydroxyl groups is 2. The molecule has 2 heterocycles. The van der Waals surface area contributed by atoms with E-state index >= 15 is 0 Å². The standard InChI is InChI=1S/C35H34O5S/c1-34(2)39-32(33(40-34)31(37)30-22-24-14-12-13-21-29(24)41-30)28(36)23-38-35(25-15-6-3-7-16-25,26-17-8-4-9-18-26)27-19-10-5-11-20-27/h3-22,28,31-33,36-37H,23H2,1-2H3/t28-,31-,32-,33+/m1/s1. The lowest BCUT2D eigenvalue weighted by Gasteiger charge is -2.37. The van der Waals surface area contributed by atoms with E-state index in [1.807, 2.05) is 121 Å². The highest BCUT2D eigenvalue weighted by atomic mass is 32.1. The molecule has 0 bridgehead atoms. The van der Waals surface area contributed by atoms with Crippen LogP contribution in [-0.4, -0.2) is 40.9 Å². The van der Waals surface area contributed by atoms with E-state index in [1.54, 1.807) is 13.8 Å². The van der Waals surface area contributed by atoms with E-state index < -0.39 is 35.8 Å². The number of aliphatic hydroxyl groups excluding tert-OH is 2. The summed E-state index contributed by atoms with van der Waals surface area (Å²) in [6.07, 6.45) is -3.65. The van der Waals surface area contributed by atoms with Crippen LogP contribution in [0.15, 0.2) is 121 Å². The van der Waals surface area contributed by atoms with Crippen molar-refractivity contribution < 1.29 is 24.4 Å². The van der Waals surface area contributed by atoms with Crippen LogP contribution in [-0.2, 0) is 19.8 Å². The fraction of sp³-hybridized carbons (Fsp3) is 0.257. The minimum Gasteiger partial charge on any atom is -0.388 e.